The van der Waals surface area contributed by atoms with Crippen LogP contribution in [0.5, 0.6) is 0 Å². The molecule has 1 aromatic carbocycles. The zero-order valence-corrected chi connectivity index (χ0v) is 14.3. The number of hydrogen-bond acceptors (Lipinski definition) is 3. The van der Waals surface area contributed by atoms with Crippen LogP contribution in [0.4, 0.5) is 0 Å². The van der Waals surface area contributed by atoms with Crippen LogP contribution < -0.4 is 5.32 Å². The number of H-pyrrole nitrogens is 1. The summed E-state index contributed by atoms with van der Waals surface area (Å²) < 4.78 is 8.15. The summed E-state index contributed by atoms with van der Waals surface area (Å²) >= 11 is 3.26. The van der Waals surface area contributed by atoms with Crippen molar-refractivity contribution < 1.29 is 9.21 Å². The zero-order chi connectivity index (χ0) is 16.5. The molecule has 3 aromatic heterocycles. The Morgan fingerprint density at radius 3 is 3.08 bits per heavy atom. The first-order valence-electron chi connectivity index (χ1n) is 7.67. The smallest absolute Gasteiger partial charge is 0.267 e. The molecule has 7 heteroatoms. The molecule has 0 atom stereocenters. The third kappa shape index (κ3) is 2.82. The van der Waals surface area contributed by atoms with Crippen molar-refractivity contribution in [3.63, 3.8) is 0 Å². The maximum absolute atomic E-state index is 12.2. The first kappa shape index (κ1) is 15.0. The second-order valence-electron chi connectivity index (χ2n) is 5.55. The van der Waals surface area contributed by atoms with E-state index in [2.05, 4.69) is 35.8 Å². The number of imidazole rings is 1. The molecule has 0 aliphatic carbocycles. The lowest BCUT2D eigenvalue weighted by atomic mass is 10.3. The van der Waals surface area contributed by atoms with Crippen molar-refractivity contribution in [2.75, 3.05) is 6.54 Å². The van der Waals surface area contributed by atoms with E-state index in [1.165, 1.54) is 0 Å². The van der Waals surface area contributed by atoms with Gasteiger partial charge in [0.2, 0.25) is 0 Å². The van der Waals surface area contributed by atoms with Crippen molar-refractivity contribution in [3.05, 3.63) is 53.1 Å². The number of aromatic amines is 1. The SMILES string of the molecule is O=C(NCCCn1cnc2ccccc21)c1cc2oc(Br)cc2[nH]1. The summed E-state index contributed by atoms with van der Waals surface area (Å²) in [5.74, 6) is -0.131. The van der Waals surface area contributed by atoms with Crippen LogP contribution in [-0.2, 0) is 6.54 Å². The number of nitrogens with one attached hydrogen (secondary N) is 2. The number of rotatable bonds is 5. The zero-order valence-electron chi connectivity index (χ0n) is 12.8. The fourth-order valence-corrected chi connectivity index (χ4v) is 3.15. The Morgan fingerprint density at radius 2 is 2.21 bits per heavy atom. The average Bonchev–Trinajstić information content (AvgIpc) is 3.24. The largest absolute Gasteiger partial charge is 0.448 e. The summed E-state index contributed by atoms with van der Waals surface area (Å²) in [5.41, 5.74) is 4.07. The molecule has 4 aromatic rings. The number of benzene rings is 1. The van der Waals surface area contributed by atoms with E-state index in [0.717, 1.165) is 29.5 Å². The number of para-hydroxylation sites is 2. The Hall–Kier alpha value is -2.54. The van der Waals surface area contributed by atoms with Gasteiger partial charge < -0.3 is 19.3 Å². The highest BCUT2D eigenvalue weighted by Crippen LogP contribution is 2.23. The standard InChI is InChI=1S/C17H15BrN4O2/c18-16-9-12-15(24-16)8-13(21-12)17(23)19-6-3-7-22-10-20-11-4-1-2-5-14(11)22/h1-2,4-5,8-10,21H,3,6-7H2,(H,19,23). The Kier molecular flexibility index (Phi) is 3.86. The number of carbonyl (C=O) groups is 1. The van der Waals surface area contributed by atoms with Gasteiger partial charge in [0.1, 0.15) is 5.69 Å². The fraction of sp³-hybridized carbons (Fsp3) is 0.176. The summed E-state index contributed by atoms with van der Waals surface area (Å²) in [6.45, 7) is 1.40. The monoisotopic (exact) mass is 386 g/mol. The lowest BCUT2D eigenvalue weighted by Gasteiger charge is -2.06. The van der Waals surface area contributed by atoms with Crippen molar-refractivity contribution in [3.8, 4) is 0 Å². The molecule has 0 aliphatic rings. The molecule has 0 saturated heterocycles. The van der Waals surface area contributed by atoms with Gasteiger partial charge in [-0.2, -0.15) is 0 Å². The van der Waals surface area contributed by atoms with Crippen molar-refractivity contribution in [2.45, 2.75) is 13.0 Å². The number of nitrogens with zero attached hydrogens (tertiary/aromatic N) is 2. The van der Waals surface area contributed by atoms with Crippen molar-refractivity contribution >= 4 is 44.0 Å². The van der Waals surface area contributed by atoms with Crippen molar-refractivity contribution in [1.29, 1.82) is 0 Å². The molecule has 0 fully saturated rings. The second-order valence-corrected chi connectivity index (χ2v) is 6.33. The number of carbonyl (C=O) groups excluding carboxylic acids is 1. The van der Waals surface area contributed by atoms with E-state index < -0.39 is 0 Å². The Bertz CT molecular complexity index is 983. The van der Waals surface area contributed by atoms with Crippen LogP contribution in [0.3, 0.4) is 0 Å². The number of amides is 1. The Morgan fingerprint density at radius 1 is 1.33 bits per heavy atom. The summed E-state index contributed by atoms with van der Waals surface area (Å²) in [5, 5.41) is 2.92. The summed E-state index contributed by atoms with van der Waals surface area (Å²) in [7, 11) is 0. The molecule has 0 saturated carbocycles. The van der Waals surface area contributed by atoms with E-state index in [4.69, 9.17) is 4.42 Å². The van der Waals surface area contributed by atoms with Crippen molar-refractivity contribution in [2.24, 2.45) is 0 Å². The quantitative estimate of drug-likeness (QED) is 0.513. The molecule has 0 radical (unpaired) electrons. The van der Waals surface area contributed by atoms with E-state index in [9.17, 15) is 4.79 Å². The lowest BCUT2D eigenvalue weighted by Crippen LogP contribution is -2.25. The number of aromatic nitrogens is 3. The summed E-state index contributed by atoms with van der Waals surface area (Å²) in [4.78, 5) is 19.6. The first-order chi connectivity index (χ1) is 11.7. The maximum atomic E-state index is 12.2. The van der Waals surface area contributed by atoms with E-state index in [0.29, 0.717) is 22.5 Å². The lowest BCUT2D eigenvalue weighted by molar-refractivity contribution is 0.0948. The molecule has 122 valence electrons. The van der Waals surface area contributed by atoms with E-state index in [1.807, 2.05) is 30.6 Å². The number of furan rings is 1. The third-order valence-electron chi connectivity index (χ3n) is 3.91. The Balaban J connectivity index is 1.33. The highest BCUT2D eigenvalue weighted by atomic mass is 79.9. The van der Waals surface area contributed by atoms with Gasteiger partial charge in [0, 0.05) is 25.2 Å². The molecule has 1 amide bonds. The van der Waals surface area contributed by atoms with E-state index >= 15 is 0 Å². The maximum Gasteiger partial charge on any atom is 0.267 e. The molecular weight excluding hydrogens is 372 g/mol. The summed E-state index contributed by atoms with van der Waals surface area (Å²) in [6, 6.07) is 11.5. The number of halogens is 1. The molecular formula is C17H15BrN4O2. The van der Waals surface area contributed by atoms with Gasteiger partial charge in [-0.1, -0.05) is 12.1 Å². The average molecular weight is 387 g/mol. The molecule has 0 unspecified atom stereocenters. The van der Waals surface area contributed by atoms with Crippen molar-refractivity contribution in [1.82, 2.24) is 19.9 Å². The highest BCUT2D eigenvalue weighted by Gasteiger charge is 2.12. The molecule has 24 heavy (non-hydrogen) atoms. The van der Waals surface area contributed by atoms with Crippen LogP contribution in [0, 0.1) is 0 Å². The molecule has 2 N–H and O–H groups in total. The third-order valence-corrected chi connectivity index (χ3v) is 4.30. The number of fused-ring (bicyclic) bond motifs is 2. The molecule has 6 nitrogen and oxygen atoms in total. The van der Waals surface area contributed by atoms with Crippen LogP contribution in [0.25, 0.3) is 22.1 Å². The van der Waals surface area contributed by atoms with Gasteiger partial charge in [0.15, 0.2) is 10.3 Å². The van der Waals surface area contributed by atoms with E-state index in [-0.39, 0.29) is 5.91 Å². The van der Waals surface area contributed by atoms with Gasteiger partial charge in [-0.05, 0) is 34.5 Å². The minimum Gasteiger partial charge on any atom is -0.448 e. The number of aryl methyl sites for hydroxylation is 1. The topological polar surface area (TPSA) is 75.8 Å². The van der Waals surface area contributed by atoms with Gasteiger partial charge >= 0.3 is 0 Å². The molecule has 0 spiro atoms. The summed E-state index contributed by atoms with van der Waals surface area (Å²) in [6.07, 6.45) is 2.66. The van der Waals surface area contributed by atoms with E-state index in [1.54, 1.807) is 12.1 Å². The van der Waals surface area contributed by atoms with Crippen LogP contribution in [-0.4, -0.2) is 27.0 Å². The van der Waals surface area contributed by atoms with Crippen LogP contribution in [0.15, 0.2) is 51.8 Å². The van der Waals surface area contributed by atoms with Gasteiger partial charge in [-0.25, -0.2) is 4.98 Å². The minimum atomic E-state index is -0.131. The molecule has 4 rings (SSSR count). The Labute approximate surface area is 146 Å². The van der Waals surface area contributed by atoms with Crippen LogP contribution >= 0.6 is 15.9 Å². The van der Waals surface area contributed by atoms with Gasteiger partial charge in [-0.3, -0.25) is 4.79 Å². The number of hydrogen-bond donors (Lipinski definition) is 2. The molecule has 0 aliphatic heterocycles. The first-order valence-corrected chi connectivity index (χ1v) is 8.46. The predicted molar refractivity (Wildman–Crippen MR) is 94.9 cm³/mol. The van der Waals surface area contributed by atoms with Crippen LogP contribution in [0.1, 0.15) is 16.9 Å². The minimum absolute atomic E-state index is 0.131. The molecule has 3 heterocycles. The highest BCUT2D eigenvalue weighted by molar-refractivity contribution is 9.10. The van der Waals surface area contributed by atoms with Crippen LogP contribution in [0.2, 0.25) is 0 Å². The van der Waals surface area contributed by atoms with Gasteiger partial charge in [0.05, 0.1) is 22.9 Å². The predicted octanol–water partition coefficient (Wildman–Crippen LogP) is 3.69. The fourth-order valence-electron chi connectivity index (χ4n) is 2.75. The normalized spacial score (nSPS) is 11.4. The molecule has 0 bridgehead atoms. The second kappa shape index (κ2) is 6.16. The van der Waals surface area contributed by atoms with Gasteiger partial charge in [-0.15, -0.1) is 0 Å². The van der Waals surface area contributed by atoms with Gasteiger partial charge in [0.25, 0.3) is 5.91 Å².